The van der Waals surface area contributed by atoms with E-state index in [2.05, 4.69) is 27.3 Å². The molecule has 0 spiro atoms. The summed E-state index contributed by atoms with van der Waals surface area (Å²) >= 11 is 29.0. The molecule has 2 heterocycles. The van der Waals surface area contributed by atoms with E-state index >= 15 is 0 Å². The zero-order chi connectivity index (χ0) is 30.2. The summed E-state index contributed by atoms with van der Waals surface area (Å²) in [6, 6.07) is 21.3. The van der Waals surface area contributed by atoms with Gasteiger partial charge in [-0.3, -0.25) is 9.89 Å². The number of benzene rings is 3. The highest BCUT2D eigenvalue weighted by molar-refractivity contribution is 6.35. The van der Waals surface area contributed by atoms with Gasteiger partial charge in [0.2, 0.25) is 0 Å². The molecule has 9 heteroatoms. The monoisotopic (exact) mass is 668 g/mol. The van der Waals surface area contributed by atoms with Gasteiger partial charge in [0.25, 0.3) is 0 Å². The van der Waals surface area contributed by atoms with Crippen LogP contribution >= 0.6 is 58.0 Å². The van der Waals surface area contributed by atoms with Crippen LogP contribution < -0.4 is 11.1 Å². The van der Waals surface area contributed by atoms with E-state index < -0.39 is 0 Å². The van der Waals surface area contributed by atoms with E-state index in [-0.39, 0.29) is 0 Å². The first-order valence-corrected chi connectivity index (χ1v) is 16.5. The average Bonchev–Trinajstić information content (AvgIpc) is 3.01. The number of rotatable bonds is 7. The summed E-state index contributed by atoms with van der Waals surface area (Å²) in [4.78, 5) is 6.94. The average molecular weight is 671 g/mol. The van der Waals surface area contributed by atoms with Crippen molar-refractivity contribution in [1.82, 2.24) is 10.2 Å². The van der Waals surface area contributed by atoms with Gasteiger partial charge in [-0.2, -0.15) is 0 Å². The number of alkyl halides is 1. The van der Waals surface area contributed by atoms with Crippen LogP contribution in [0.1, 0.15) is 42.4 Å². The second kappa shape index (κ2) is 19.8. The number of hydrogen-bond donors (Lipinski definition) is 2. The molecule has 0 radical (unpaired) electrons. The zero-order valence-electron chi connectivity index (χ0n) is 23.9. The molecule has 0 aromatic heterocycles. The van der Waals surface area contributed by atoms with Crippen LogP contribution in [0, 0.1) is 11.8 Å². The van der Waals surface area contributed by atoms with E-state index in [0.717, 1.165) is 67.9 Å². The molecule has 0 bridgehead atoms. The first-order chi connectivity index (χ1) is 20.4. The Bertz CT molecular complexity index is 1210. The number of hydrogen-bond acceptors (Lipinski definition) is 4. The highest BCUT2D eigenvalue weighted by Crippen LogP contribution is 2.25. The van der Waals surface area contributed by atoms with Crippen molar-refractivity contribution in [3.8, 4) is 0 Å². The van der Waals surface area contributed by atoms with E-state index in [1.165, 1.54) is 31.2 Å². The summed E-state index contributed by atoms with van der Waals surface area (Å²) in [5.41, 5.74) is 8.95. The predicted octanol–water partition coefficient (Wildman–Crippen LogP) is 9.00. The minimum Gasteiger partial charge on any atom is -0.330 e. The number of aliphatic imine (C=N–C) groups is 1. The van der Waals surface area contributed by atoms with Gasteiger partial charge < -0.3 is 11.1 Å². The number of piperidine rings is 2. The highest BCUT2D eigenvalue weighted by Gasteiger charge is 2.18. The molecule has 5 rings (SSSR count). The number of nitrogens with zero attached hydrogens (tertiary/aromatic N) is 2. The Morgan fingerprint density at radius 1 is 0.786 bits per heavy atom. The van der Waals surface area contributed by atoms with Crippen LogP contribution in [0.5, 0.6) is 0 Å². The van der Waals surface area contributed by atoms with E-state index in [9.17, 15) is 0 Å². The molecule has 228 valence electrons. The van der Waals surface area contributed by atoms with Crippen LogP contribution in [-0.2, 0) is 12.4 Å². The van der Waals surface area contributed by atoms with E-state index in [1.807, 2.05) is 48.7 Å². The minimum atomic E-state index is 0.427. The molecule has 0 unspecified atom stereocenters. The minimum absolute atomic E-state index is 0.427. The Morgan fingerprint density at radius 3 is 1.93 bits per heavy atom. The van der Waals surface area contributed by atoms with Crippen molar-refractivity contribution in [2.75, 3.05) is 39.3 Å². The SMILES string of the molecule is C(=NCC1CCNCC1)c1ccccc1.ClCc1ccc(Cl)cc1Cl.NCC1CCN(Cc2ccc(Cl)cc2Cl)CC1. The van der Waals surface area contributed by atoms with Gasteiger partial charge in [0.05, 0.1) is 0 Å². The standard InChI is InChI=1S/C13H18Cl2N2.C13H18N2.C7H5Cl3/c14-12-2-1-11(13(15)7-12)9-17-5-3-10(8-16)4-6-17;1-2-4-12(5-3-1)10-15-11-13-6-8-14-9-7-13;8-4-5-1-2-6(9)3-7(5)10/h1-2,7,10H,3-6,8-9,16H2;1-5,10,13-14H,6-9,11H2;1-3H,4H2. The third-order valence-corrected chi connectivity index (χ3v) is 8.93. The molecule has 2 aliphatic rings. The van der Waals surface area contributed by atoms with Crippen molar-refractivity contribution in [3.05, 3.63) is 104 Å². The van der Waals surface area contributed by atoms with Gasteiger partial charge in [-0.05, 0) is 111 Å². The van der Waals surface area contributed by atoms with Gasteiger partial charge in [0.1, 0.15) is 0 Å². The normalized spacial score (nSPS) is 16.4. The number of nitrogens with one attached hydrogen (secondary N) is 1. The van der Waals surface area contributed by atoms with Crippen molar-refractivity contribution in [1.29, 1.82) is 0 Å². The largest absolute Gasteiger partial charge is 0.330 e. The lowest BCUT2D eigenvalue weighted by atomic mass is 9.97. The fourth-order valence-electron chi connectivity index (χ4n) is 4.81. The lowest BCUT2D eigenvalue weighted by Crippen LogP contribution is -2.35. The Kier molecular flexibility index (Phi) is 16.6. The van der Waals surface area contributed by atoms with Crippen molar-refractivity contribution in [2.24, 2.45) is 22.6 Å². The van der Waals surface area contributed by atoms with E-state index in [0.29, 0.717) is 26.9 Å². The molecule has 0 atom stereocenters. The first kappa shape index (κ1) is 35.1. The van der Waals surface area contributed by atoms with E-state index in [4.69, 9.17) is 63.7 Å². The summed E-state index contributed by atoms with van der Waals surface area (Å²) in [7, 11) is 0. The fraction of sp³-hybridized carbons (Fsp3) is 0.424. The molecule has 2 saturated heterocycles. The first-order valence-electron chi connectivity index (χ1n) is 14.5. The maximum absolute atomic E-state index is 6.17. The summed E-state index contributed by atoms with van der Waals surface area (Å²) in [6.45, 7) is 7.25. The third-order valence-electron chi connectivity index (χ3n) is 7.47. The van der Waals surface area contributed by atoms with Gasteiger partial charge >= 0.3 is 0 Å². The lowest BCUT2D eigenvalue weighted by Gasteiger charge is -2.31. The molecule has 2 aliphatic heterocycles. The molecule has 0 amide bonds. The Morgan fingerprint density at radius 2 is 1.38 bits per heavy atom. The van der Waals surface area contributed by atoms with Gasteiger partial charge in [0, 0.05) is 45.3 Å². The van der Waals surface area contributed by atoms with Gasteiger partial charge in [-0.15, -0.1) is 11.6 Å². The van der Waals surface area contributed by atoms with Crippen molar-refractivity contribution >= 4 is 64.2 Å². The van der Waals surface area contributed by atoms with Gasteiger partial charge in [-0.25, -0.2) is 0 Å². The molecule has 42 heavy (non-hydrogen) atoms. The summed E-state index contributed by atoms with van der Waals surface area (Å²) in [5, 5.41) is 6.09. The van der Waals surface area contributed by atoms with Crippen LogP contribution in [0.4, 0.5) is 0 Å². The maximum atomic E-state index is 6.17. The molecule has 4 nitrogen and oxygen atoms in total. The fourth-order valence-corrected chi connectivity index (χ4v) is 6.06. The van der Waals surface area contributed by atoms with Crippen LogP contribution in [-0.4, -0.2) is 50.4 Å². The van der Waals surface area contributed by atoms with Crippen molar-refractivity contribution < 1.29 is 0 Å². The molecular weight excluding hydrogens is 630 g/mol. The predicted molar refractivity (Wildman–Crippen MR) is 184 cm³/mol. The molecular formula is C33H41Cl5N4. The van der Waals surface area contributed by atoms with Gasteiger partial charge in [-0.1, -0.05) is 88.9 Å². The summed E-state index contributed by atoms with van der Waals surface area (Å²) in [5.74, 6) is 1.91. The van der Waals surface area contributed by atoms with E-state index in [1.54, 1.807) is 12.1 Å². The molecule has 3 aromatic rings. The second-order valence-corrected chi connectivity index (χ2v) is 12.6. The van der Waals surface area contributed by atoms with Crippen molar-refractivity contribution in [3.63, 3.8) is 0 Å². The summed E-state index contributed by atoms with van der Waals surface area (Å²) in [6.07, 6.45) is 6.92. The number of likely N-dealkylation sites (tertiary alicyclic amines) is 1. The second-order valence-electron chi connectivity index (χ2n) is 10.7. The smallest absolute Gasteiger partial charge is 0.0488 e. The Balaban J connectivity index is 0.000000179. The third kappa shape index (κ3) is 13.1. The van der Waals surface area contributed by atoms with Crippen LogP contribution in [0.2, 0.25) is 20.1 Å². The van der Waals surface area contributed by atoms with Crippen LogP contribution in [0.25, 0.3) is 0 Å². The highest BCUT2D eigenvalue weighted by atomic mass is 35.5. The molecule has 3 N–H and O–H groups in total. The van der Waals surface area contributed by atoms with Crippen LogP contribution in [0.15, 0.2) is 71.7 Å². The van der Waals surface area contributed by atoms with Gasteiger partial charge in [0.15, 0.2) is 0 Å². The molecule has 0 saturated carbocycles. The molecule has 2 fully saturated rings. The summed E-state index contributed by atoms with van der Waals surface area (Å²) < 4.78 is 0. The Labute approximate surface area is 276 Å². The topological polar surface area (TPSA) is 53.6 Å². The number of halogens is 5. The lowest BCUT2D eigenvalue weighted by molar-refractivity contribution is 0.180. The molecule has 3 aromatic carbocycles. The quantitative estimate of drug-likeness (QED) is 0.195. The zero-order valence-corrected chi connectivity index (χ0v) is 27.7. The van der Waals surface area contributed by atoms with Crippen molar-refractivity contribution in [2.45, 2.75) is 38.1 Å². The van der Waals surface area contributed by atoms with Crippen LogP contribution in [0.3, 0.4) is 0 Å². The Hall–Kier alpha value is -1.34. The number of nitrogens with two attached hydrogens (primary N) is 1. The maximum Gasteiger partial charge on any atom is 0.0488 e. The molecule has 0 aliphatic carbocycles.